The first kappa shape index (κ1) is 15.8. The smallest absolute Gasteiger partial charge is 0.251 e. The molecule has 1 saturated carbocycles. The van der Waals surface area contributed by atoms with Gasteiger partial charge in [-0.15, -0.1) is 12.4 Å². The summed E-state index contributed by atoms with van der Waals surface area (Å²) in [7, 11) is 1.61. The van der Waals surface area contributed by atoms with Crippen LogP contribution < -0.4 is 15.8 Å². The summed E-state index contributed by atoms with van der Waals surface area (Å²) in [6.45, 7) is 0.646. The highest BCUT2D eigenvalue weighted by atomic mass is 35.5. The van der Waals surface area contributed by atoms with Crippen LogP contribution >= 0.6 is 12.4 Å². The minimum atomic E-state index is -0.0250. The van der Waals surface area contributed by atoms with Crippen molar-refractivity contribution in [2.75, 3.05) is 13.7 Å². The van der Waals surface area contributed by atoms with Crippen molar-refractivity contribution in [2.24, 2.45) is 11.7 Å². The number of hydrogen-bond acceptors (Lipinski definition) is 3. The lowest BCUT2D eigenvalue weighted by Gasteiger charge is -2.19. The number of hydrogen-bond donors (Lipinski definition) is 2. The molecule has 1 aliphatic carbocycles. The van der Waals surface area contributed by atoms with E-state index in [1.54, 1.807) is 31.4 Å². The zero-order valence-corrected chi connectivity index (χ0v) is 11.9. The quantitative estimate of drug-likeness (QED) is 0.888. The monoisotopic (exact) mass is 284 g/mol. The second kappa shape index (κ2) is 7.36. The van der Waals surface area contributed by atoms with E-state index < -0.39 is 0 Å². The van der Waals surface area contributed by atoms with Crippen molar-refractivity contribution in [3.63, 3.8) is 0 Å². The van der Waals surface area contributed by atoms with Gasteiger partial charge in [-0.25, -0.2) is 0 Å². The number of carbonyl (C=O) groups is 1. The summed E-state index contributed by atoms with van der Waals surface area (Å²) < 4.78 is 5.07. The van der Waals surface area contributed by atoms with Gasteiger partial charge in [-0.2, -0.15) is 0 Å². The van der Waals surface area contributed by atoms with Crippen molar-refractivity contribution in [3.05, 3.63) is 29.8 Å². The number of amides is 1. The van der Waals surface area contributed by atoms with Gasteiger partial charge in [0.2, 0.25) is 0 Å². The van der Waals surface area contributed by atoms with Gasteiger partial charge < -0.3 is 15.8 Å². The van der Waals surface area contributed by atoms with Gasteiger partial charge in [0.05, 0.1) is 7.11 Å². The van der Waals surface area contributed by atoms with E-state index >= 15 is 0 Å². The molecule has 0 aliphatic heterocycles. The van der Waals surface area contributed by atoms with E-state index in [1.165, 1.54) is 0 Å². The number of benzene rings is 1. The minimum absolute atomic E-state index is 0. The molecule has 0 aromatic heterocycles. The third-order valence-electron chi connectivity index (χ3n) is 3.63. The first-order chi connectivity index (χ1) is 8.74. The van der Waals surface area contributed by atoms with Gasteiger partial charge in [0.1, 0.15) is 5.75 Å². The van der Waals surface area contributed by atoms with E-state index in [0.29, 0.717) is 18.0 Å². The predicted molar refractivity (Wildman–Crippen MR) is 77.9 cm³/mol. The Balaban J connectivity index is 0.00000180. The third-order valence-corrected chi connectivity index (χ3v) is 3.63. The van der Waals surface area contributed by atoms with Crippen LogP contribution in [0.4, 0.5) is 0 Å². The van der Waals surface area contributed by atoms with Crippen LogP contribution in [0.15, 0.2) is 24.3 Å². The van der Waals surface area contributed by atoms with E-state index in [2.05, 4.69) is 5.32 Å². The molecule has 0 bridgehead atoms. The highest BCUT2D eigenvalue weighted by Crippen LogP contribution is 2.25. The van der Waals surface area contributed by atoms with Gasteiger partial charge in [0.15, 0.2) is 0 Å². The number of nitrogens with two attached hydrogens (primary N) is 1. The predicted octanol–water partition coefficient (Wildman–Crippen LogP) is 1.97. The summed E-state index contributed by atoms with van der Waals surface area (Å²) in [6.07, 6.45) is 3.29. The number of ether oxygens (including phenoxy) is 1. The van der Waals surface area contributed by atoms with E-state index in [1.807, 2.05) is 0 Å². The van der Waals surface area contributed by atoms with E-state index in [0.717, 1.165) is 25.0 Å². The average Bonchev–Trinajstić information content (AvgIpc) is 2.86. The van der Waals surface area contributed by atoms with Crippen LogP contribution in [0.3, 0.4) is 0 Å². The molecule has 0 heterocycles. The van der Waals surface area contributed by atoms with Crippen LogP contribution in [0, 0.1) is 5.92 Å². The fourth-order valence-electron chi connectivity index (χ4n) is 2.50. The molecular formula is C14H21ClN2O2. The summed E-state index contributed by atoms with van der Waals surface area (Å²) >= 11 is 0. The Morgan fingerprint density at radius 3 is 2.63 bits per heavy atom. The number of nitrogens with one attached hydrogen (secondary N) is 1. The summed E-state index contributed by atoms with van der Waals surface area (Å²) in [4.78, 5) is 12.1. The molecule has 0 saturated heterocycles. The van der Waals surface area contributed by atoms with Gasteiger partial charge in [-0.05, 0) is 49.6 Å². The average molecular weight is 285 g/mol. The van der Waals surface area contributed by atoms with Crippen molar-refractivity contribution in [3.8, 4) is 5.75 Å². The molecule has 1 aromatic rings. The molecule has 1 fully saturated rings. The van der Waals surface area contributed by atoms with Crippen LogP contribution in [0.2, 0.25) is 0 Å². The van der Waals surface area contributed by atoms with E-state index in [4.69, 9.17) is 10.5 Å². The van der Waals surface area contributed by atoms with Crippen molar-refractivity contribution in [1.29, 1.82) is 0 Å². The second-order valence-corrected chi connectivity index (χ2v) is 4.74. The molecule has 2 rings (SSSR count). The highest BCUT2D eigenvalue weighted by molar-refractivity contribution is 5.94. The Bertz CT molecular complexity index is 408. The summed E-state index contributed by atoms with van der Waals surface area (Å²) in [5.41, 5.74) is 6.37. The molecule has 3 N–H and O–H groups in total. The Morgan fingerprint density at radius 2 is 2.05 bits per heavy atom. The van der Waals surface area contributed by atoms with Gasteiger partial charge in [0, 0.05) is 11.6 Å². The first-order valence-electron chi connectivity index (χ1n) is 6.39. The van der Waals surface area contributed by atoms with Crippen LogP contribution in [-0.4, -0.2) is 25.6 Å². The maximum absolute atomic E-state index is 12.1. The molecule has 2 unspecified atom stereocenters. The Kier molecular flexibility index (Phi) is 6.12. The molecule has 0 radical (unpaired) electrons. The summed E-state index contributed by atoms with van der Waals surface area (Å²) in [6, 6.07) is 7.37. The lowest BCUT2D eigenvalue weighted by Crippen LogP contribution is -2.39. The molecule has 0 spiro atoms. The standard InChI is InChI=1S/C14H20N2O2.ClH/c1-18-12-7-5-10(6-8-12)14(17)16-13-4-2-3-11(13)9-15;/h5-8,11,13H,2-4,9,15H2,1H3,(H,16,17);1H. The second-order valence-electron chi connectivity index (χ2n) is 4.74. The van der Waals surface area contributed by atoms with Crippen LogP contribution in [0.1, 0.15) is 29.6 Å². The maximum Gasteiger partial charge on any atom is 0.251 e. The largest absolute Gasteiger partial charge is 0.497 e. The topological polar surface area (TPSA) is 64.3 Å². The normalized spacial score (nSPS) is 21.6. The molecule has 4 nitrogen and oxygen atoms in total. The lowest BCUT2D eigenvalue weighted by molar-refractivity contribution is 0.0929. The molecule has 1 aliphatic rings. The van der Waals surface area contributed by atoms with Crippen molar-refractivity contribution >= 4 is 18.3 Å². The van der Waals surface area contributed by atoms with Crippen molar-refractivity contribution in [1.82, 2.24) is 5.32 Å². The number of methoxy groups -OCH3 is 1. The highest BCUT2D eigenvalue weighted by Gasteiger charge is 2.27. The lowest BCUT2D eigenvalue weighted by atomic mass is 10.0. The van der Waals surface area contributed by atoms with E-state index in [9.17, 15) is 4.79 Å². The Morgan fingerprint density at radius 1 is 1.37 bits per heavy atom. The summed E-state index contributed by atoms with van der Waals surface area (Å²) in [5.74, 6) is 1.16. The Labute approximate surface area is 120 Å². The molecular weight excluding hydrogens is 264 g/mol. The van der Waals surface area contributed by atoms with E-state index in [-0.39, 0.29) is 24.4 Å². The van der Waals surface area contributed by atoms with Crippen molar-refractivity contribution in [2.45, 2.75) is 25.3 Å². The molecule has 2 atom stereocenters. The number of carbonyl (C=O) groups excluding carboxylic acids is 1. The fraction of sp³-hybridized carbons (Fsp3) is 0.500. The molecule has 1 aromatic carbocycles. The zero-order chi connectivity index (χ0) is 13.0. The molecule has 19 heavy (non-hydrogen) atoms. The zero-order valence-electron chi connectivity index (χ0n) is 11.1. The van der Waals surface area contributed by atoms with Gasteiger partial charge in [0.25, 0.3) is 5.91 Å². The Hall–Kier alpha value is -1.26. The molecule has 1 amide bonds. The maximum atomic E-state index is 12.1. The molecule has 106 valence electrons. The van der Waals surface area contributed by atoms with Gasteiger partial charge in [-0.3, -0.25) is 4.79 Å². The fourth-order valence-corrected chi connectivity index (χ4v) is 2.50. The minimum Gasteiger partial charge on any atom is -0.497 e. The van der Waals surface area contributed by atoms with Crippen LogP contribution in [0.25, 0.3) is 0 Å². The third kappa shape index (κ3) is 3.85. The van der Waals surface area contributed by atoms with Crippen LogP contribution in [-0.2, 0) is 0 Å². The number of rotatable bonds is 4. The first-order valence-corrected chi connectivity index (χ1v) is 6.39. The number of halogens is 1. The SMILES string of the molecule is COc1ccc(C(=O)NC2CCCC2CN)cc1.Cl. The van der Waals surface area contributed by atoms with Crippen LogP contribution in [0.5, 0.6) is 5.75 Å². The summed E-state index contributed by atoms with van der Waals surface area (Å²) in [5, 5.41) is 3.07. The van der Waals surface area contributed by atoms with Crippen molar-refractivity contribution < 1.29 is 9.53 Å². The van der Waals surface area contributed by atoms with Gasteiger partial charge in [-0.1, -0.05) is 6.42 Å². The molecule has 5 heteroatoms. The van der Waals surface area contributed by atoms with Gasteiger partial charge >= 0.3 is 0 Å².